The van der Waals surface area contributed by atoms with Crippen molar-refractivity contribution in [2.75, 3.05) is 38.0 Å². The van der Waals surface area contributed by atoms with Crippen molar-refractivity contribution in [1.29, 1.82) is 0 Å². The largest absolute Gasteiger partial charge is 0.346 e. The standard InChI is InChI=1S/C27H30FN5O2/c1-20-9-10-23(16-24(20)28)31-27(35)26(34)30-18-25(22-8-5-11-29-17-22)33-14-12-32(13-15-33)19-21-6-3-2-4-7-21/h2-11,16-17,25H,12-15,18-19H2,1H3,(H,30,34)(H,31,35)/t25-/m1/s1. The molecule has 2 heterocycles. The van der Waals surface area contributed by atoms with Crippen LogP contribution in [0, 0.1) is 12.7 Å². The predicted octanol–water partition coefficient (Wildman–Crippen LogP) is 3.14. The van der Waals surface area contributed by atoms with Crippen LogP contribution in [0.5, 0.6) is 0 Å². The van der Waals surface area contributed by atoms with Crippen molar-refractivity contribution in [1.82, 2.24) is 20.1 Å². The second kappa shape index (κ2) is 11.7. The number of piperazine rings is 1. The van der Waals surface area contributed by atoms with Gasteiger partial charge in [0.25, 0.3) is 0 Å². The normalized spacial score (nSPS) is 15.4. The zero-order valence-electron chi connectivity index (χ0n) is 19.8. The van der Waals surface area contributed by atoms with Crippen molar-refractivity contribution >= 4 is 17.5 Å². The van der Waals surface area contributed by atoms with Crippen LogP contribution in [0.4, 0.5) is 10.1 Å². The summed E-state index contributed by atoms with van der Waals surface area (Å²) in [6.07, 6.45) is 3.51. The number of nitrogens with one attached hydrogen (secondary N) is 2. The summed E-state index contributed by atoms with van der Waals surface area (Å²) in [4.78, 5) is 33.9. The number of nitrogens with zero attached hydrogens (tertiary/aromatic N) is 3. The van der Waals surface area contributed by atoms with Gasteiger partial charge in [-0.3, -0.25) is 24.4 Å². The zero-order valence-corrected chi connectivity index (χ0v) is 19.8. The molecule has 3 aromatic rings. The van der Waals surface area contributed by atoms with Gasteiger partial charge in [-0.15, -0.1) is 0 Å². The van der Waals surface area contributed by atoms with Crippen LogP contribution in [0.3, 0.4) is 0 Å². The number of halogens is 1. The van der Waals surface area contributed by atoms with E-state index < -0.39 is 17.6 Å². The number of rotatable bonds is 7. The fraction of sp³-hybridized carbons (Fsp3) is 0.296. The van der Waals surface area contributed by atoms with Crippen molar-refractivity contribution in [3.63, 3.8) is 0 Å². The Kier molecular flexibility index (Phi) is 8.18. The van der Waals surface area contributed by atoms with E-state index >= 15 is 0 Å². The molecule has 0 unspecified atom stereocenters. The molecule has 182 valence electrons. The average Bonchev–Trinajstić information content (AvgIpc) is 2.88. The Morgan fingerprint density at radius 1 is 1.00 bits per heavy atom. The first-order valence-electron chi connectivity index (χ1n) is 11.7. The van der Waals surface area contributed by atoms with Crippen LogP contribution in [0.2, 0.25) is 0 Å². The van der Waals surface area contributed by atoms with Crippen molar-refractivity contribution in [2.45, 2.75) is 19.5 Å². The van der Waals surface area contributed by atoms with E-state index in [1.807, 2.05) is 18.2 Å². The Bertz CT molecular complexity index is 1130. The van der Waals surface area contributed by atoms with E-state index in [0.717, 1.165) is 38.3 Å². The summed E-state index contributed by atoms with van der Waals surface area (Å²) in [5, 5.41) is 5.21. The van der Waals surface area contributed by atoms with Crippen molar-refractivity contribution in [3.05, 3.63) is 95.6 Å². The lowest BCUT2D eigenvalue weighted by Gasteiger charge is -2.39. The van der Waals surface area contributed by atoms with Crippen LogP contribution in [0.15, 0.2) is 73.1 Å². The number of carbonyl (C=O) groups is 2. The molecule has 8 heteroatoms. The number of anilines is 1. The monoisotopic (exact) mass is 475 g/mol. The van der Waals surface area contributed by atoms with Crippen LogP contribution in [-0.2, 0) is 16.1 Å². The summed E-state index contributed by atoms with van der Waals surface area (Å²) in [5.74, 6) is -2.03. The van der Waals surface area contributed by atoms with Gasteiger partial charge in [-0.25, -0.2) is 4.39 Å². The maximum atomic E-state index is 13.8. The molecule has 2 aromatic carbocycles. The number of carbonyl (C=O) groups excluding carboxylic acids is 2. The SMILES string of the molecule is Cc1ccc(NC(=O)C(=O)NC[C@H](c2cccnc2)N2CCN(Cc3ccccc3)CC2)cc1F. The number of hydrogen-bond acceptors (Lipinski definition) is 5. The lowest BCUT2D eigenvalue weighted by Crippen LogP contribution is -2.50. The second-order valence-corrected chi connectivity index (χ2v) is 8.73. The molecule has 35 heavy (non-hydrogen) atoms. The Morgan fingerprint density at radius 2 is 1.77 bits per heavy atom. The third kappa shape index (κ3) is 6.71. The summed E-state index contributed by atoms with van der Waals surface area (Å²) < 4.78 is 13.8. The molecule has 1 atom stereocenters. The van der Waals surface area contributed by atoms with Gasteiger partial charge in [0.1, 0.15) is 5.82 Å². The van der Waals surface area contributed by atoms with Crippen molar-refractivity contribution < 1.29 is 14.0 Å². The van der Waals surface area contributed by atoms with Crippen LogP contribution in [-0.4, -0.2) is 59.3 Å². The highest BCUT2D eigenvalue weighted by Crippen LogP contribution is 2.22. The first kappa shape index (κ1) is 24.5. The van der Waals surface area contributed by atoms with Crippen LogP contribution in [0.1, 0.15) is 22.7 Å². The van der Waals surface area contributed by atoms with Crippen LogP contribution < -0.4 is 10.6 Å². The minimum Gasteiger partial charge on any atom is -0.346 e. The second-order valence-electron chi connectivity index (χ2n) is 8.73. The molecule has 7 nitrogen and oxygen atoms in total. The first-order chi connectivity index (χ1) is 17.0. The highest BCUT2D eigenvalue weighted by atomic mass is 19.1. The molecule has 1 aliphatic heterocycles. The molecule has 1 fully saturated rings. The smallest absolute Gasteiger partial charge is 0.313 e. The van der Waals surface area contributed by atoms with Gasteiger partial charge in [-0.2, -0.15) is 0 Å². The van der Waals surface area contributed by atoms with Gasteiger partial charge < -0.3 is 10.6 Å². The number of hydrogen-bond donors (Lipinski definition) is 2. The number of amides is 2. The molecule has 0 radical (unpaired) electrons. The Morgan fingerprint density at radius 3 is 2.46 bits per heavy atom. The van der Waals surface area contributed by atoms with E-state index in [0.29, 0.717) is 5.56 Å². The van der Waals surface area contributed by atoms with Gasteiger partial charge in [0.2, 0.25) is 0 Å². The summed E-state index contributed by atoms with van der Waals surface area (Å²) in [6, 6.07) is 18.5. The molecule has 4 rings (SSSR count). The van der Waals surface area contributed by atoms with E-state index in [2.05, 4.69) is 49.7 Å². The molecule has 1 aliphatic rings. The molecular formula is C27H30FN5O2. The maximum Gasteiger partial charge on any atom is 0.313 e. The van der Waals surface area contributed by atoms with Gasteiger partial charge in [0.05, 0.1) is 6.04 Å². The van der Waals surface area contributed by atoms with Gasteiger partial charge in [0, 0.05) is 57.3 Å². The molecule has 2 amide bonds. The number of benzene rings is 2. The van der Waals surface area contributed by atoms with Crippen LogP contribution >= 0.6 is 0 Å². The Hall–Kier alpha value is -3.62. The van der Waals surface area contributed by atoms with E-state index in [4.69, 9.17) is 0 Å². The van der Waals surface area contributed by atoms with E-state index in [9.17, 15) is 14.0 Å². The average molecular weight is 476 g/mol. The minimum absolute atomic E-state index is 0.115. The van der Waals surface area contributed by atoms with E-state index in [-0.39, 0.29) is 18.3 Å². The lowest BCUT2D eigenvalue weighted by molar-refractivity contribution is -0.136. The molecular weight excluding hydrogens is 445 g/mol. The lowest BCUT2D eigenvalue weighted by atomic mass is 10.1. The number of pyridine rings is 1. The molecule has 1 saturated heterocycles. The van der Waals surface area contributed by atoms with Crippen molar-refractivity contribution in [3.8, 4) is 0 Å². The van der Waals surface area contributed by atoms with Gasteiger partial charge >= 0.3 is 11.8 Å². The van der Waals surface area contributed by atoms with Gasteiger partial charge in [0.15, 0.2) is 0 Å². The van der Waals surface area contributed by atoms with Gasteiger partial charge in [-0.05, 0) is 41.8 Å². The molecule has 1 aromatic heterocycles. The molecule has 2 N–H and O–H groups in total. The molecule has 0 saturated carbocycles. The fourth-order valence-electron chi connectivity index (χ4n) is 4.23. The minimum atomic E-state index is -0.828. The summed E-state index contributed by atoms with van der Waals surface area (Å²) in [6.45, 7) is 6.27. The predicted molar refractivity (Wildman–Crippen MR) is 133 cm³/mol. The Labute approximate surface area is 205 Å². The molecule has 0 aliphatic carbocycles. The van der Waals surface area contributed by atoms with E-state index in [1.165, 1.54) is 11.6 Å². The maximum absolute atomic E-state index is 13.8. The number of aromatic nitrogens is 1. The summed E-state index contributed by atoms with van der Waals surface area (Å²) in [7, 11) is 0. The fourth-order valence-corrected chi connectivity index (χ4v) is 4.23. The molecule has 0 bridgehead atoms. The number of aryl methyl sites for hydroxylation is 1. The molecule has 0 spiro atoms. The van der Waals surface area contributed by atoms with E-state index in [1.54, 1.807) is 31.5 Å². The summed E-state index contributed by atoms with van der Waals surface area (Å²) >= 11 is 0. The topological polar surface area (TPSA) is 77.6 Å². The summed E-state index contributed by atoms with van der Waals surface area (Å²) in [5.41, 5.74) is 2.98. The highest BCUT2D eigenvalue weighted by molar-refractivity contribution is 6.39. The quantitative estimate of drug-likeness (QED) is 0.514. The van der Waals surface area contributed by atoms with Gasteiger partial charge in [-0.1, -0.05) is 42.5 Å². The highest BCUT2D eigenvalue weighted by Gasteiger charge is 2.26. The van der Waals surface area contributed by atoms with Crippen molar-refractivity contribution in [2.24, 2.45) is 0 Å². The first-order valence-corrected chi connectivity index (χ1v) is 11.7. The van der Waals surface area contributed by atoms with Crippen LogP contribution in [0.25, 0.3) is 0 Å². The Balaban J connectivity index is 1.35. The third-order valence-electron chi connectivity index (χ3n) is 6.26. The zero-order chi connectivity index (χ0) is 24.6. The third-order valence-corrected chi connectivity index (χ3v) is 6.26.